The van der Waals surface area contributed by atoms with Crippen LogP contribution in [-0.2, 0) is 9.47 Å². The highest BCUT2D eigenvalue weighted by atomic mass is 28.3. The topological polar surface area (TPSA) is 67.9 Å². The molecule has 1 aliphatic carbocycles. The summed E-state index contributed by atoms with van der Waals surface area (Å²) in [5.74, 6) is 0.735. The van der Waals surface area contributed by atoms with Crippen LogP contribution in [0, 0.1) is 5.92 Å². The van der Waals surface area contributed by atoms with Gasteiger partial charge < -0.3 is 9.47 Å². The van der Waals surface area contributed by atoms with Gasteiger partial charge in [-0.1, -0.05) is 57.8 Å². The van der Waals surface area contributed by atoms with E-state index in [2.05, 4.69) is 25.1 Å². The molecule has 1 atom stereocenters. The zero-order valence-corrected chi connectivity index (χ0v) is 20.8. The van der Waals surface area contributed by atoms with Crippen molar-refractivity contribution in [2.75, 3.05) is 6.54 Å². The Morgan fingerprint density at radius 1 is 1.14 bits per heavy atom. The molecule has 6 nitrogen and oxygen atoms in total. The lowest BCUT2D eigenvalue weighted by molar-refractivity contribution is 0.0199. The van der Waals surface area contributed by atoms with Crippen LogP contribution in [0.25, 0.3) is 0 Å². The molecule has 0 aliphatic heterocycles. The number of hydrogen-bond acceptors (Lipinski definition) is 4. The standard InChI is InChI=1S/C22H44N2O4Si/c1-18(15-17-29(5,6)7)27-21(26)24(23-20(25)28-22(2,3)4)16-11-14-19-12-9-8-10-13-19/h18-19H,8-17H2,1-7H3,(H,23,25)/t18-/m0/s1. The number of ether oxygens (including phenoxy) is 2. The number of hydrazine groups is 1. The second-order valence-corrected chi connectivity index (χ2v) is 16.3. The summed E-state index contributed by atoms with van der Waals surface area (Å²) in [6.07, 6.45) is 7.98. The van der Waals surface area contributed by atoms with Crippen molar-refractivity contribution in [3.8, 4) is 0 Å². The lowest BCUT2D eigenvalue weighted by atomic mass is 9.86. The zero-order chi connectivity index (χ0) is 22.1. The predicted octanol–water partition coefficient (Wildman–Crippen LogP) is 6.34. The summed E-state index contributed by atoms with van der Waals surface area (Å²) in [5, 5.41) is 1.29. The highest BCUT2D eigenvalue weighted by Crippen LogP contribution is 2.27. The Kier molecular flexibility index (Phi) is 10.5. The molecule has 7 heteroatoms. The quantitative estimate of drug-likeness (QED) is 0.362. The van der Waals surface area contributed by atoms with E-state index in [0.717, 1.165) is 31.2 Å². The van der Waals surface area contributed by atoms with Crippen molar-refractivity contribution in [2.24, 2.45) is 5.92 Å². The van der Waals surface area contributed by atoms with Gasteiger partial charge in [0, 0.05) is 14.6 Å². The van der Waals surface area contributed by atoms with Gasteiger partial charge >= 0.3 is 12.2 Å². The van der Waals surface area contributed by atoms with Crippen LogP contribution in [0.15, 0.2) is 0 Å². The number of carbonyl (C=O) groups is 2. The molecule has 0 unspecified atom stereocenters. The van der Waals surface area contributed by atoms with Crippen LogP contribution >= 0.6 is 0 Å². The van der Waals surface area contributed by atoms with E-state index in [9.17, 15) is 9.59 Å². The smallest absolute Gasteiger partial charge is 0.429 e. The van der Waals surface area contributed by atoms with Crippen molar-refractivity contribution < 1.29 is 19.1 Å². The molecule has 0 spiro atoms. The first-order valence-electron chi connectivity index (χ1n) is 11.3. The first-order chi connectivity index (χ1) is 13.4. The third-order valence-corrected chi connectivity index (χ3v) is 6.96. The lowest BCUT2D eigenvalue weighted by Gasteiger charge is -2.28. The first-order valence-corrected chi connectivity index (χ1v) is 15.0. The van der Waals surface area contributed by atoms with Crippen LogP contribution in [0.5, 0.6) is 0 Å². The van der Waals surface area contributed by atoms with Crippen LogP contribution in [0.4, 0.5) is 9.59 Å². The monoisotopic (exact) mass is 428 g/mol. The SMILES string of the molecule is C[C@@H](CC[Si](C)(C)C)OC(=O)N(CCCC1CCCCC1)NC(=O)OC(C)(C)C. The molecule has 1 rings (SSSR count). The number of rotatable bonds is 8. The molecule has 0 saturated heterocycles. The molecule has 0 aromatic rings. The maximum atomic E-state index is 12.7. The molecule has 0 radical (unpaired) electrons. The van der Waals surface area contributed by atoms with Gasteiger partial charge in [0.2, 0.25) is 0 Å². The summed E-state index contributed by atoms with van der Waals surface area (Å²) in [5.41, 5.74) is 1.98. The third-order valence-electron chi connectivity index (χ3n) is 5.17. The summed E-state index contributed by atoms with van der Waals surface area (Å²) < 4.78 is 10.9. The molecule has 0 heterocycles. The number of amides is 2. The summed E-state index contributed by atoms with van der Waals surface area (Å²) >= 11 is 0. The minimum absolute atomic E-state index is 0.171. The Morgan fingerprint density at radius 2 is 1.76 bits per heavy atom. The summed E-state index contributed by atoms with van der Waals surface area (Å²) in [6, 6.07) is 1.10. The molecule has 29 heavy (non-hydrogen) atoms. The van der Waals surface area contributed by atoms with Gasteiger partial charge in [-0.25, -0.2) is 20.0 Å². The van der Waals surface area contributed by atoms with Gasteiger partial charge in [-0.15, -0.1) is 0 Å². The van der Waals surface area contributed by atoms with Gasteiger partial charge in [-0.3, -0.25) is 0 Å². The van der Waals surface area contributed by atoms with Gasteiger partial charge in [0.1, 0.15) is 11.7 Å². The predicted molar refractivity (Wildman–Crippen MR) is 121 cm³/mol. The number of nitrogens with one attached hydrogen (secondary N) is 1. The fourth-order valence-corrected chi connectivity index (χ4v) is 4.82. The van der Waals surface area contributed by atoms with E-state index >= 15 is 0 Å². The first kappa shape index (κ1) is 25.8. The fourth-order valence-electron chi connectivity index (χ4n) is 3.55. The molecular formula is C22H44N2O4Si. The molecule has 1 N–H and O–H groups in total. The average molecular weight is 429 g/mol. The Labute approximate surface area is 179 Å². The normalized spacial score (nSPS) is 16.8. The minimum Gasteiger partial charge on any atom is -0.445 e. The number of hydrogen-bond donors (Lipinski definition) is 1. The van der Waals surface area contributed by atoms with E-state index < -0.39 is 25.9 Å². The summed E-state index contributed by atoms with van der Waals surface area (Å²) in [6.45, 7) is 14.7. The van der Waals surface area contributed by atoms with Gasteiger partial charge in [0.05, 0.1) is 0 Å². The van der Waals surface area contributed by atoms with E-state index in [1.54, 1.807) is 20.8 Å². The van der Waals surface area contributed by atoms with Crippen molar-refractivity contribution in [1.82, 2.24) is 10.4 Å². The molecule has 0 aromatic heterocycles. The van der Waals surface area contributed by atoms with E-state index in [0.29, 0.717) is 6.54 Å². The van der Waals surface area contributed by atoms with Crippen LogP contribution in [0.1, 0.15) is 79.1 Å². The molecule has 170 valence electrons. The molecule has 1 fully saturated rings. The minimum atomic E-state index is -1.19. The Hall–Kier alpha value is -1.24. The highest BCUT2D eigenvalue weighted by Gasteiger charge is 2.25. The van der Waals surface area contributed by atoms with Crippen molar-refractivity contribution in [2.45, 2.75) is 116 Å². The highest BCUT2D eigenvalue weighted by molar-refractivity contribution is 6.76. The summed E-state index contributed by atoms with van der Waals surface area (Å²) in [4.78, 5) is 24.9. The van der Waals surface area contributed by atoms with E-state index in [1.165, 1.54) is 37.1 Å². The fraction of sp³-hybridized carbons (Fsp3) is 0.909. The largest absolute Gasteiger partial charge is 0.445 e. The Morgan fingerprint density at radius 3 is 2.31 bits per heavy atom. The second-order valence-electron chi connectivity index (χ2n) is 10.7. The molecular weight excluding hydrogens is 384 g/mol. The molecule has 1 saturated carbocycles. The second kappa shape index (κ2) is 11.8. The zero-order valence-electron chi connectivity index (χ0n) is 19.8. The Bertz CT molecular complexity index is 508. The molecule has 0 aromatic carbocycles. The number of nitrogens with zero attached hydrogens (tertiary/aromatic N) is 1. The van der Waals surface area contributed by atoms with Crippen molar-refractivity contribution in [3.05, 3.63) is 0 Å². The molecule has 1 aliphatic rings. The summed E-state index contributed by atoms with van der Waals surface area (Å²) in [7, 11) is -1.19. The van der Waals surface area contributed by atoms with Gasteiger partial charge in [0.15, 0.2) is 0 Å². The van der Waals surface area contributed by atoms with Crippen molar-refractivity contribution >= 4 is 20.3 Å². The van der Waals surface area contributed by atoms with Gasteiger partial charge in [0.25, 0.3) is 0 Å². The lowest BCUT2D eigenvalue weighted by Crippen LogP contribution is -2.49. The van der Waals surface area contributed by atoms with E-state index in [4.69, 9.17) is 9.47 Å². The Balaban J connectivity index is 2.59. The number of carbonyl (C=O) groups excluding carboxylic acids is 2. The maximum Gasteiger partial charge on any atom is 0.429 e. The van der Waals surface area contributed by atoms with Gasteiger partial charge in [-0.05, 0) is 52.9 Å². The van der Waals surface area contributed by atoms with Crippen molar-refractivity contribution in [1.29, 1.82) is 0 Å². The van der Waals surface area contributed by atoms with Crippen molar-refractivity contribution in [3.63, 3.8) is 0 Å². The van der Waals surface area contributed by atoms with Crippen LogP contribution in [0.2, 0.25) is 25.7 Å². The molecule has 2 amide bonds. The maximum absolute atomic E-state index is 12.7. The average Bonchev–Trinajstić information content (AvgIpc) is 2.58. The van der Waals surface area contributed by atoms with E-state index in [-0.39, 0.29) is 6.10 Å². The van der Waals surface area contributed by atoms with Crippen LogP contribution < -0.4 is 5.43 Å². The third kappa shape index (κ3) is 12.8. The van der Waals surface area contributed by atoms with Crippen LogP contribution in [0.3, 0.4) is 0 Å². The molecule has 0 bridgehead atoms. The van der Waals surface area contributed by atoms with Gasteiger partial charge in [-0.2, -0.15) is 0 Å². The van der Waals surface area contributed by atoms with E-state index in [1.807, 2.05) is 6.92 Å². The van der Waals surface area contributed by atoms with Crippen LogP contribution in [-0.4, -0.2) is 43.5 Å².